The summed E-state index contributed by atoms with van der Waals surface area (Å²) in [4.78, 5) is 14.2. The normalized spacial score (nSPS) is 17.0. The quantitative estimate of drug-likeness (QED) is 0.903. The molecule has 2 heterocycles. The molecule has 8 heteroatoms. The first-order chi connectivity index (χ1) is 12.1. The number of carbonyl (C=O) groups is 1. The van der Waals surface area contributed by atoms with Gasteiger partial charge in [0.1, 0.15) is 6.10 Å². The molecule has 0 saturated carbocycles. The van der Waals surface area contributed by atoms with Crippen molar-refractivity contribution < 1.29 is 14.3 Å². The van der Waals surface area contributed by atoms with Crippen LogP contribution in [0.15, 0.2) is 36.4 Å². The molecule has 1 aromatic carbocycles. The molecule has 1 fully saturated rings. The summed E-state index contributed by atoms with van der Waals surface area (Å²) in [5, 5.41) is 11.3. The lowest BCUT2D eigenvalue weighted by Crippen LogP contribution is -2.46. The minimum atomic E-state index is -0.156. The Morgan fingerprint density at radius 3 is 2.60 bits per heavy atom. The number of nitrogens with zero attached hydrogens (tertiary/aromatic N) is 3. The van der Waals surface area contributed by atoms with Crippen molar-refractivity contribution >= 4 is 23.3 Å². The smallest absolute Gasteiger partial charge is 0.321 e. The minimum Gasteiger partial charge on any atom is -0.480 e. The Morgan fingerprint density at radius 2 is 1.92 bits per heavy atom. The number of hydrogen-bond donors (Lipinski definition) is 1. The molecule has 0 radical (unpaired) electrons. The van der Waals surface area contributed by atoms with Gasteiger partial charge in [0, 0.05) is 29.4 Å². The SMILES string of the molecule is COc1ccc(OC2CCCN(C(=O)Nc3ccc(Cl)cc3)C2)nn1. The van der Waals surface area contributed by atoms with Crippen molar-refractivity contribution in [3.05, 3.63) is 41.4 Å². The highest BCUT2D eigenvalue weighted by Gasteiger charge is 2.25. The maximum atomic E-state index is 12.4. The van der Waals surface area contributed by atoms with Crippen LogP contribution in [-0.4, -0.2) is 47.4 Å². The van der Waals surface area contributed by atoms with Crippen LogP contribution in [0.2, 0.25) is 5.02 Å². The third-order valence-electron chi connectivity index (χ3n) is 3.87. The fourth-order valence-corrected chi connectivity index (χ4v) is 2.73. The van der Waals surface area contributed by atoms with E-state index in [2.05, 4.69) is 15.5 Å². The summed E-state index contributed by atoms with van der Waals surface area (Å²) in [7, 11) is 1.53. The maximum Gasteiger partial charge on any atom is 0.321 e. The highest BCUT2D eigenvalue weighted by Crippen LogP contribution is 2.19. The van der Waals surface area contributed by atoms with E-state index in [9.17, 15) is 4.79 Å². The first-order valence-electron chi connectivity index (χ1n) is 8.00. The fourth-order valence-electron chi connectivity index (χ4n) is 2.60. The van der Waals surface area contributed by atoms with Crippen LogP contribution in [0.25, 0.3) is 0 Å². The van der Waals surface area contributed by atoms with Gasteiger partial charge in [-0.25, -0.2) is 4.79 Å². The highest BCUT2D eigenvalue weighted by molar-refractivity contribution is 6.30. The topological polar surface area (TPSA) is 76.6 Å². The predicted octanol–water partition coefficient (Wildman–Crippen LogP) is 3.21. The number of amides is 2. The second kappa shape index (κ2) is 8.02. The van der Waals surface area contributed by atoms with Gasteiger partial charge in [0.2, 0.25) is 11.8 Å². The molecule has 1 unspecified atom stereocenters. The maximum absolute atomic E-state index is 12.4. The second-order valence-corrected chi connectivity index (χ2v) is 6.12. The predicted molar refractivity (Wildman–Crippen MR) is 94.3 cm³/mol. The summed E-state index contributed by atoms with van der Waals surface area (Å²) >= 11 is 5.85. The number of rotatable bonds is 4. The molecule has 25 heavy (non-hydrogen) atoms. The zero-order valence-electron chi connectivity index (χ0n) is 13.8. The van der Waals surface area contributed by atoms with Crippen molar-refractivity contribution in [2.24, 2.45) is 0 Å². The summed E-state index contributed by atoms with van der Waals surface area (Å²) in [6.07, 6.45) is 1.60. The lowest BCUT2D eigenvalue weighted by molar-refractivity contribution is 0.101. The van der Waals surface area contributed by atoms with Crippen LogP contribution in [0.3, 0.4) is 0 Å². The zero-order chi connectivity index (χ0) is 17.6. The molecule has 1 saturated heterocycles. The largest absolute Gasteiger partial charge is 0.480 e. The van der Waals surface area contributed by atoms with Gasteiger partial charge >= 0.3 is 6.03 Å². The Bertz CT molecular complexity index is 709. The Kier molecular flexibility index (Phi) is 5.55. The van der Waals surface area contributed by atoms with E-state index in [0.29, 0.717) is 35.6 Å². The fraction of sp³-hybridized carbons (Fsp3) is 0.353. The number of likely N-dealkylation sites (tertiary alicyclic amines) is 1. The second-order valence-electron chi connectivity index (χ2n) is 5.68. The van der Waals surface area contributed by atoms with E-state index in [1.54, 1.807) is 41.3 Å². The molecule has 1 aromatic heterocycles. The van der Waals surface area contributed by atoms with Gasteiger partial charge in [0.25, 0.3) is 0 Å². The molecule has 7 nitrogen and oxygen atoms in total. The van der Waals surface area contributed by atoms with Crippen LogP contribution >= 0.6 is 11.6 Å². The minimum absolute atomic E-state index is 0.118. The number of benzene rings is 1. The summed E-state index contributed by atoms with van der Waals surface area (Å²) in [6, 6.07) is 10.3. The van der Waals surface area contributed by atoms with Gasteiger partial charge in [-0.2, -0.15) is 0 Å². The van der Waals surface area contributed by atoms with Crippen LogP contribution in [0.5, 0.6) is 11.8 Å². The number of ether oxygens (including phenoxy) is 2. The number of hydrogen-bond acceptors (Lipinski definition) is 5. The Hall–Kier alpha value is -2.54. The van der Waals surface area contributed by atoms with Crippen molar-refractivity contribution in [3.8, 4) is 11.8 Å². The molecular weight excluding hydrogens is 344 g/mol. The van der Waals surface area contributed by atoms with E-state index in [1.807, 2.05) is 0 Å². The summed E-state index contributed by atoms with van der Waals surface area (Å²) in [5.41, 5.74) is 0.707. The average Bonchev–Trinajstić information content (AvgIpc) is 2.64. The van der Waals surface area contributed by atoms with Crippen LogP contribution in [-0.2, 0) is 0 Å². The van der Waals surface area contributed by atoms with Crippen molar-refractivity contribution in [1.29, 1.82) is 0 Å². The van der Waals surface area contributed by atoms with Crippen molar-refractivity contribution in [2.75, 3.05) is 25.5 Å². The lowest BCUT2D eigenvalue weighted by Gasteiger charge is -2.32. The molecule has 2 aromatic rings. The third kappa shape index (κ3) is 4.73. The Morgan fingerprint density at radius 1 is 1.20 bits per heavy atom. The number of nitrogens with one attached hydrogen (secondary N) is 1. The number of methoxy groups -OCH3 is 1. The highest BCUT2D eigenvalue weighted by atomic mass is 35.5. The molecular formula is C17H19ClN4O3. The summed E-state index contributed by atoms with van der Waals surface area (Å²) < 4.78 is 10.8. The number of carbonyl (C=O) groups excluding carboxylic acids is 1. The number of aromatic nitrogens is 2. The molecule has 2 amide bonds. The van der Waals surface area contributed by atoms with E-state index in [1.165, 1.54) is 7.11 Å². The Labute approximate surface area is 150 Å². The van der Waals surface area contributed by atoms with Gasteiger partial charge in [-0.3, -0.25) is 0 Å². The third-order valence-corrected chi connectivity index (χ3v) is 4.12. The zero-order valence-corrected chi connectivity index (χ0v) is 14.6. The lowest BCUT2D eigenvalue weighted by atomic mass is 10.1. The van der Waals surface area contributed by atoms with Crippen LogP contribution < -0.4 is 14.8 Å². The molecule has 3 rings (SSSR count). The van der Waals surface area contributed by atoms with Gasteiger partial charge in [-0.05, 0) is 37.1 Å². The molecule has 1 aliphatic heterocycles. The standard InChI is InChI=1S/C17H19ClN4O3/c1-24-15-8-9-16(21-20-15)25-14-3-2-10-22(11-14)17(23)19-13-6-4-12(18)5-7-13/h4-9,14H,2-3,10-11H2,1H3,(H,19,23). The first kappa shape index (κ1) is 17.3. The first-order valence-corrected chi connectivity index (χ1v) is 8.38. The molecule has 0 aliphatic carbocycles. The number of anilines is 1. The van der Waals surface area contributed by atoms with Crippen molar-refractivity contribution in [3.63, 3.8) is 0 Å². The molecule has 0 bridgehead atoms. The van der Waals surface area contributed by atoms with Gasteiger partial charge in [-0.1, -0.05) is 11.6 Å². The molecule has 1 N–H and O–H groups in total. The van der Waals surface area contributed by atoms with Crippen LogP contribution in [0.1, 0.15) is 12.8 Å². The number of piperidine rings is 1. The number of urea groups is 1. The number of halogens is 1. The van der Waals surface area contributed by atoms with E-state index in [4.69, 9.17) is 21.1 Å². The van der Waals surface area contributed by atoms with Gasteiger partial charge in [0.05, 0.1) is 13.7 Å². The van der Waals surface area contributed by atoms with E-state index in [0.717, 1.165) is 12.8 Å². The van der Waals surface area contributed by atoms with Crippen LogP contribution in [0.4, 0.5) is 10.5 Å². The monoisotopic (exact) mass is 362 g/mol. The van der Waals surface area contributed by atoms with E-state index in [-0.39, 0.29) is 12.1 Å². The van der Waals surface area contributed by atoms with Gasteiger partial charge in [0.15, 0.2) is 0 Å². The van der Waals surface area contributed by atoms with E-state index < -0.39 is 0 Å². The van der Waals surface area contributed by atoms with Crippen molar-refractivity contribution in [2.45, 2.75) is 18.9 Å². The average molecular weight is 363 g/mol. The molecule has 1 atom stereocenters. The summed E-state index contributed by atoms with van der Waals surface area (Å²) in [6.45, 7) is 1.18. The molecule has 0 spiro atoms. The Balaban J connectivity index is 1.56. The van der Waals surface area contributed by atoms with Crippen LogP contribution in [0, 0.1) is 0 Å². The van der Waals surface area contributed by atoms with Gasteiger partial charge in [-0.15, -0.1) is 10.2 Å². The van der Waals surface area contributed by atoms with E-state index >= 15 is 0 Å². The van der Waals surface area contributed by atoms with Gasteiger partial charge < -0.3 is 19.7 Å². The summed E-state index contributed by atoms with van der Waals surface area (Å²) in [5.74, 6) is 0.853. The molecule has 132 valence electrons. The van der Waals surface area contributed by atoms with Crippen molar-refractivity contribution in [1.82, 2.24) is 15.1 Å². The molecule has 1 aliphatic rings.